The van der Waals surface area contributed by atoms with E-state index in [0.717, 1.165) is 0 Å². The third-order valence-electron chi connectivity index (χ3n) is 9.49. The molecule has 1 aromatic carbocycles. The van der Waals surface area contributed by atoms with Gasteiger partial charge in [-0.15, -0.1) is 10.2 Å². The number of hydrogen-bond donors (Lipinski definition) is 1. The summed E-state index contributed by atoms with van der Waals surface area (Å²) in [5.74, 6) is -1.35. The molecule has 2 aromatic heterocycles. The minimum atomic E-state index is -0.812. The van der Waals surface area contributed by atoms with Crippen LogP contribution in [0.1, 0.15) is 124 Å². The molecule has 0 saturated carbocycles. The summed E-state index contributed by atoms with van der Waals surface area (Å²) in [7, 11) is 1.30. The highest BCUT2D eigenvalue weighted by molar-refractivity contribution is 5.97. The molecule has 18 heteroatoms. The molecule has 60 heavy (non-hydrogen) atoms. The molecular weight excluding hydrogens is 775 g/mol. The number of benzene rings is 1. The fraction of sp³-hybridized carbons (Fsp3) is 0.643. The fourth-order valence-corrected chi connectivity index (χ4v) is 6.40. The second kappa shape index (κ2) is 19.7. The predicted octanol–water partition coefficient (Wildman–Crippen LogP) is 6.23. The second-order valence-corrected chi connectivity index (χ2v) is 18.1. The van der Waals surface area contributed by atoms with Gasteiger partial charge in [-0.1, -0.05) is 30.7 Å². The number of aromatic nitrogens is 6. The van der Waals surface area contributed by atoms with Crippen molar-refractivity contribution < 1.29 is 42.9 Å². The van der Waals surface area contributed by atoms with Crippen LogP contribution in [0.5, 0.6) is 0 Å². The van der Waals surface area contributed by atoms with E-state index in [1.54, 1.807) is 81.9 Å². The molecule has 0 radical (unpaired) electrons. The quantitative estimate of drug-likeness (QED) is 0.109. The van der Waals surface area contributed by atoms with E-state index >= 15 is 0 Å². The number of unbranched alkanes of at least 4 members (excludes halogenated alkanes) is 1. The molecule has 3 amide bonds. The highest BCUT2D eigenvalue weighted by Gasteiger charge is 2.33. The topological polar surface area (TPSA) is 202 Å². The standard InChI is InChI=1S/C42H63N9O9/c1-13-27(2)34(37(54)58-40(3,4)5)51-26-32(45-47-51)29-22-28(23-30(24-29)35(52)48-18-20-49(21-19-48)39(56)60-42(9,10)11)31-25-50(46-44-31)33(36(53)57-12)16-14-15-17-43-38(55)59-41(6,7)8/h22-27,33-34H,13-21H2,1-12H3,(H,43,55)/t27-,33-,34?/m0/s1. The van der Waals surface area contributed by atoms with Gasteiger partial charge in [0.1, 0.15) is 28.2 Å². The number of alkyl carbamates (subject to hydrolysis) is 1. The average Bonchev–Trinajstić information content (AvgIpc) is 3.84. The molecule has 0 aliphatic carbocycles. The second-order valence-electron chi connectivity index (χ2n) is 18.1. The number of piperazine rings is 1. The Morgan fingerprint density at radius 1 is 0.717 bits per heavy atom. The number of rotatable bonds is 14. The zero-order valence-electron chi connectivity index (χ0n) is 37.2. The summed E-state index contributed by atoms with van der Waals surface area (Å²) in [5.41, 5.74) is 0.162. The molecule has 3 atom stereocenters. The van der Waals surface area contributed by atoms with Crippen molar-refractivity contribution in [3.8, 4) is 22.5 Å². The zero-order chi connectivity index (χ0) is 44.6. The smallest absolute Gasteiger partial charge is 0.410 e. The third-order valence-corrected chi connectivity index (χ3v) is 9.49. The Morgan fingerprint density at radius 2 is 1.25 bits per heavy atom. The maximum Gasteiger partial charge on any atom is 0.410 e. The average molecular weight is 838 g/mol. The first-order valence-corrected chi connectivity index (χ1v) is 20.5. The van der Waals surface area contributed by atoms with E-state index in [1.807, 2.05) is 34.6 Å². The van der Waals surface area contributed by atoms with Gasteiger partial charge >= 0.3 is 24.1 Å². The molecule has 1 aliphatic heterocycles. The van der Waals surface area contributed by atoms with Crippen molar-refractivity contribution in [1.82, 2.24) is 45.1 Å². The van der Waals surface area contributed by atoms with Crippen LogP contribution in [-0.2, 0) is 28.5 Å². The Hall–Kier alpha value is -5.55. The van der Waals surface area contributed by atoms with E-state index in [-0.39, 0.29) is 24.9 Å². The molecule has 3 heterocycles. The molecule has 0 bridgehead atoms. The van der Waals surface area contributed by atoms with Crippen molar-refractivity contribution in [3.63, 3.8) is 0 Å². The van der Waals surface area contributed by atoms with Gasteiger partial charge in [0, 0.05) is 49.4 Å². The maximum atomic E-state index is 14.2. The molecule has 330 valence electrons. The minimum absolute atomic E-state index is 0.128. The molecule has 0 spiro atoms. The predicted molar refractivity (Wildman–Crippen MR) is 222 cm³/mol. The van der Waals surface area contributed by atoms with Gasteiger partial charge in [0.25, 0.3) is 5.91 Å². The van der Waals surface area contributed by atoms with Gasteiger partial charge in [-0.3, -0.25) is 4.79 Å². The summed E-state index contributed by atoms with van der Waals surface area (Å²) in [5, 5.41) is 20.2. The monoisotopic (exact) mass is 837 g/mol. The van der Waals surface area contributed by atoms with E-state index in [1.165, 1.54) is 16.5 Å². The lowest BCUT2D eigenvalue weighted by Crippen LogP contribution is -2.51. The summed E-state index contributed by atoms with van der Waals surface area (Å²) in [6.45, 7) is 21.6. The van der Waals surface area contributed by atoms with Gasteiger partial charge in [-0.25, -0.2) is 28.5 Å². The molecule has 1 fully saturated rings. The fourth-order valence-electron chi connectivity index (χ4n) is 6.40. The summed E-state index contributed by atoms with van der Waals surface area (Å²) < 4.78 is 24.6. The van der Waals surface area contributed by atoms with E-state index in [2.05, 4.69) is 25.9 Å². The van der Waals surface area contributed by atoms with Gasteiger partial charge in [-0.05, 0) is 106 Å². The van der Waals surface area contributed by atoms with Crippen LogP contribution in [0.3, 0.4) is 0 Å². The summed E-state index contributed by atoms with van der Waals surface area (Å²) in [4.78, 5) is 68.7. The van der Waals surface area contributed by atoms with Crippen molar-refractivity contribution in [2.24, 2.45) is 5.92 Å². The van der Waals surface area contributed by atoms with E-state index in [9.17, 15) is 24.0 Å². The normalized spacial score (nSPS) is 15.1. The number of nitrogens with one attached hydrogen (secondary N) is 1. The largest absolute Gasteiger partial charge is 0.467 e. The number of hydrogen-bond acceptors (Lipinski definition) is 13. The van der Waals surface area contributed by atoms with Crippen molar-refractivity contribution in [3.05, 3.63) is 36.2 Å². The Morgan fingerprint density at radius 3 is 1.78 bits per heavy atom. The zero-order valence-corrected chi connectivity index (χ0v) is 37.2. The van der Waals surface area contributed by atoms with Gasteiger partial charge in [0.15, 0.2) is 12.1 Å². The highest BCUT2D eigenvalue weighted by Crippen LogP contribution is 2.31. The first-order chi connectivity index (χ1) is 28.0. The van der Waals surface area contributed by atoms with Crippen molar-refractivity contribution in [2.75, 3.05) is 39.8 Å². The SMILES string of the molecule is CC[C@H](C)C(C(=O)OC(C)(C)C)n1cc(-c2cc(C(=O)N3CCN(C(=O)OC(C)(C)C)CC3)cc(-c3cn([C@@H](CCCCNC(=O)OC(C)(C)C)C(=O)OC)nn3)c2)nn1. The molecule has 18 nitrogen and oxygen atoms in total. The van der Waals surface area contributed by atoms with Crippen LogP contribution in [0.25, 0.3) is 22.5 Å². The number of esters is 2. The van der Waals surface area contributed by atoms with Crippen LogP contribution in [-0.4, -0.2) is 126 Å². The molecule has 4 rings (SSSR count). The Bertz CT molecular complexity index is 1960. The Labute approximate surface area is 352 Å². The third kappa shape index (κ3) is 13.5. The maximum absolute atomic E-state index is 14.2. The van der Waals surface area contributed by atoms with Crippen molar-refractivity contribution in [1.29, 1.82) is 0 Å². The molecule has 1 saturated heterocycles. The van der Waals surface area contributed by atoms with Crippen molar-refractivity contribution >= 4 is 30.0 Å². The number of methoxy groups -OCH3 is 1. The van der Waals surface area contributed by atoms with Crippen LogP contribution in [0.2, 0.25) is 0 Å². The van der Waals surface area contributed by atoms with Gasteiger partial charge in [0.05, 0.1) is 19.5 Å². The summed E-state index contributed by atoms with van der Waals surface area (Å²) in [6, 6.07) is 3.64. The first kappa shape index (κ1) is 47.1. The lowest BCUT2D eigenvalue weighted by molar-refractivity contribution is -0.161. The number of amides is 3. The van der Waals surface area contributed by atoms with E-state index in [4.69, 9.17) is 18.9 Å². The summed E-state index contributed by atoms with van der Waals surface area (Å²) >= 11 is 0. The first-order valence-electron chi connectivity index (χ1n) is 20.5. The Balaban J connectivity index is 1.65. The van der Waals surface area contributed by atoms with Crippen molar-refractivity contribution in [2.45, 2.75) is 131 Å². The lowest BCUT2D eigenvalue weighted by Gasteiger charge is -2.35. The van der Waals surface area contributed by atoms with Gasteiger partial charge in [0.2, 0.25) is 0 Å². The molecular formula is C42H63N9O9. The highest BCUT2D eigenvalue weighted by atomic mass is 16.6. The minimum Gasteiger partial charge on any atom is -0.467 e. The molecule has 1 aliphatic rings. The lowest BCUT2D eigenvalue weighted by atomic mass is 9.98. The van der Waals surface area contributed by atoms with E-state index < -0.39 is 53.0 Å². The summed E-state index contributed by atoms with van der Waals surface area (Å²) in [6.07, 6.45) is 4.48. The molecule has 1 N–H and O–H groups in total. The van der Waals surface area contributed by atoms with Crippen LogP contribution in [0.4, 0.5) is 9.59 Å². The van der Waals surface area contributed by atoms with Crippen LogP contribution in [0.15, 0.2) is 30.6 Å². The van der Waals surface area contributed by atoms with Crippen LogP contribution >= 0.6 is 0 Å². The van der Waals surface area contributed by atoms with Crippen LogP contribution in [0, 0.1) is 5.92 Å². The molecule has 3 aromatic rings. The van der Waals surface area contributed by atoms with Gasteiger partial charge < -0.3 is 34.1 Å². The van der Waals surface area contributed by atoms with E-state index in [0.29, 0.717) is 73.4 Å². The number of ether oxygens (including phenoxy) is 4. The van der Waals surface area contributed by atoms with Crippen LogP contribution < -0.4 is 5.32 Å². The molecule has 1 unspecified atom stereocenters. The Kier molecular flexibility index (Phi) is 15.5. The number of carbonyl (C=O) groups is 5. The number of nitrogens with zero attached hydrogens (tertiary/aromatic N) is 8. The van der Waals surface area contributed by atoms with Gasteiger partial charge in [-0.2, -0.15) is 0 Å². The number of carbonyl (C=O) groups excluding carboxylic acids is 5.